The van der Waals surface area contributed by atoms with Crippen LogP contribution < -0.4 is 5.73 Å². The molecule has 0 aliphatic rings. The normalized spacial score (nSPS) is 11.1. The molecule has 2 aromatic rings. The Morgan fingerprint density at radius 3 is 2.93 bits per heavy atom. The molecular formula is C10H11Cl2N3. The first-order valence-electron chi connectivity index (χ1n) is 4.74. The maximum absolute atomic E-state index is 6.01. The van der Waals surface area contributed by atoms with Crippen molar-refractivity contribution in [1.29, 1.82) is 0 Å². The summed E-state index contributed by atoms with van der Waals surface area (Å²) in [6.07, 6.45) is 3.60. The van der Waals surface area contributed by atoms with E-state index in [1.807, 2.05) is 22.7 Å². The molecule has 2 aromatic heterocycles. The zero-order valence-electron chi connectivity index (χ0n) is 8.08. The Labute approximate surface area is 97.8 Å². The lowest BCUT2D eigenvalue weighted by molar-refractivity contribution is 0.778. The van der Waals surface area contributed by atoms with Gasteiger partial charge in [-0.1, -0.05) is 23.2 Å². The van der Waals surface area contributed by atoms with Crippen LogP contribution in [0, 0.1) is 0 Å². The van der Waals surface area contributed by atoms with Crippen molar-refractivity contribution in [2.24, 2.45) is 5.73 Å². The van der Waals surface area contributed by atoms with Gasteiger partial charge in [-0.2, -0.15) is 0 Å². The Balaban J connectivity index is 2.48. The highest BCUT2D eigenvalue weighted by Crippen LogP contribution is 2.22. The Bertz CT molecular complexity index is 479. The number of imidazole rings is 1. The number of aryl methyl sites for hydroxylation is 1. The average Bonchev–Trinajstić information content (AvgIpc) is 2.53. The minimum Gasteiger partial charge on any atom is -0.330 e. The van der Waals surface area contributed by atoms with Crippen molar-refractivity contribution in [3.8, 4) is 0 Å². The first-order valence-corrected chi connectivity index (χ1v) is 5.50. The van der Waals surface area contributed by atoms with Gasteiger partial charge in [0.1, 0.15) is 5.82 Å². The molecule has 0 spiro atoms. The van der Waals surface area contributed by atoms with Gasteiger partial charge >= 0.3 is 0 Å². The quantitative estimate of drug-likeness (QED) is 0.901. The van der Waals surface area contributed by atoms with Gasteiger partial charge in [-0.25, -0.2) is 4.98 Å². The molecule has 2 heterocycles. The van der Waals surface area contributed by atoms with E-state index in [1.54, 1.807) is 0 Å². The van der Waals surface area contributed by atoms with Crippen LogP contribution in [0.5, 0.6) is 0 Å². The summed E-state index contributed by atoms with van der Waals surface area (Å²) in [5.41, 5.74) is 6.30. The predicted octanol–water partition coefficient (Wildman–Crippen LogP) is 2.53. The molecule has 80 valence electrons. The van der Waals surface area contributed by atoms with Gasteiger partial charge in [0.25, 0.3) is 0 Å². The van der Waals surface area contributed by atoms with Crippen LogP contribution in [-0.2, 0) is 6.42 Å². The molecule has 5 heteroatoms. The van der Waals surface area contributed by atoms with Crippen LogP contribution in [0.2, 0.25) is 10.2 Å². The second-order valence-corrected chi connectivity index (χ2v) is 4.11. The molecule has 0 aliphatic heterocycles. The summed E-state index contributed by atoms with van der Waals surface area (Å²) in [5, 5.41) is 1.15. The second-order valence-electron chi connectivity index (χ2n) is 3.31. The van der Waals surface area contributed by atoms with E-state index in [-0.39, 0.29) is 0 Å². The summed E-state index contributed by atoms with van der Waals surface area (Å²) >= 11 is 11.9. The summed E-state index contributed by atoms with van der Waals surface area (Å²) in [5.74, 6) is 0.928. The Hall–Kier alpha value is -0.770. The maximum atomic E-state index is 6.01. The molecule has 0 radical (unpaired) electrons. The fourth-order valence-corrected chi connectivity index (χ4v) is 1.92. The van der Waals surface area contributed by atoms with Crippen LogP contribution in [-0.4, -0.2) is 15.9 Å². The van der Waals surface area contributed by atoms with Crippen molar-refractivity contribution in [3.63, 3.8) is 0 Å². The Morgan fingerprint density at radius 2 is 2.20 bits per heavy atom. The summed E-state index contributed by atoms with van der Waals surface area (Å²) in [6, 6.07) is 3.63. The third-order valence-corrected chi connectivity index (χ3v) is 2.75. The molecule has 0 bridgehead atoms. The predicted molar refractivity (Wildman–Crippen MR) is 62.6 cm³/mol. The largest absolute Gasteiger partial charge is 0.330 e. The highest BCUT2D eigenvalue weighted by atomic mass is 35.5. The number of aromatic nitrogens is 2. The molecule has 2 rings (SSSR count). The van der Waals surface area contributed by atoms with E-state index in [2.05, 4.69) is 4.98 Å². The summed E-state index contributed by atoms with van der Waals surface area (Å²) in [6.45, 7) is 0.653. The lowest BCUT2D eigenvalue weighted by Crippen LogP contribution is -2.02. The molecular weight excluding hydrogens is 233 g/mol. The lowest BCUT2D eigenvalue weighted by Gasteiger charge is -1.99. The number of nitrogens with zero attached hydrogens (tertiary/aromatic N) is 2. The smallest absolute Gasteiger partial charge is 0.155 e. The topological polar surface area (TPSA) is 43.3 Å². The summed E-state index contributed by atoms with van der Waals surface area (Å²) in [7, 11) is 0. The molecule has 0 unspecified atom stereocenters. The molecule has 15 heavy (non-hydrogen) atoms. The zero-order valence-corrected chi connectivity index (χ0v) is 9.59. The minimum absolute atomic E-state index is 0.490. The van der Waals surface area contributed by atoms with Crippen LogP contribution in [0.25, 0.3) is 5.52 Å². The first-order chi connectivity index (χ1) is 7.22. The van der Waals surface area contributed by atoms with Crippen molar-refractivity contribution in [2.45, 2.75) is 12.8 Å². The van der Waals surface area contributed by atoms with Gasteiger partial charge in [-0.15, -0.1) is 0 Å². The van der Waals surface area contributed by atoms with Gasteiger partial charge < -0.3 is 10.1 Å². The highest BCUT2D eigenvalue weighted by Gasteiger charge is 2.08. The van der Waals surface area contributed by atoms with Gasteiger partial charge in [0.2, 0.25) is 0 Å². The van der Waals surface area contributed by atoms with E-state index in [0.29, 0.717) is 16.7 Å². The van der Waals surface area contributed by atoms with E-state index in [0.717, 1.165) is 24.2 Å². The number of hydrogen-bond donors (Lipinski definition) is 1. The van der Waals surface area contributed by atoms with E-state index >= 15 is 0 Å². The molecule has 0 amide bonds. The van der Waals surface area contributed by atoms with E-state index < -0.39 is 0 Å². The van der Waals surface area contributed by atoms with Crippen molar-refractivity contribution < 1.29 is 0 Å². The number of hydrogen-bond acceptors (Lipinski definition) is 2. The number of pyridine rings is 1. The van der Waals surface area contributed by atoms with E-state index in [9.17, 15) is 0 Å². The number of nitrogens with two attached hydrogens (primary N) is 1. The molecule has 0 fully saturated rings. The fraction of sp³-hybridized carbons (Fsp3) is 0.300. The van der Waals surface area contributed by atoms with Gasteiger partial charge in [0.05, 0.1) is 5.52 Å². The van der Waals surface area contributed by atoms with Crippen molar-refractivity contribution in [2.75, 3.05) is 6.54 Å². The number of halogens is 2. The summed E-state index contributed by atoms with van der Waals surface area (Å²) < 4.78 is 1.95. The van der Waals surface area contributed by atoms with Crippen LogP contribution in [0.15, 0.2) is 18.3 Å². The van der Waals surface area contributed by atoms with Crippen molar-refractivity contribution in [1.82, 2.24) is 9.38 Å². The minimum atomic E-state index is 0.490. The molecule has 0 aromatic carbocycles. The number of rotatable bonds is 3. The molecule has 0 saturated heterocycles. The SMILES string of the molecule is NCCCc1nc(Cl)c2cc(Cl)ccn12. The molecule has 0 saturated carbocycles. The van der Waals surface area contributed by atoms with Crippen LogP contribution in [0.4, 0.5) is 0 Å². The monoisotopic (exact) mass is 243 g/mol. The highest BCUT2D eigenvalue weighted by molar-refractivity contribution is 6.34. The Morgan fingerprint density at radius 1 is 1.40 bits per heavy atom. The van der Waals surface area contributed by atoms with Crippen LogP contribution in [0.1, 0.15) is 12.2 Å². The van der Waals surface area contributed by atoms with Gasteiger partial charge in [0.15, 0.2) is 5.15 Å². The third-order valence-electron chi connectivity index (χ3n) is 2.24. The third kappa shape index (κ3) is 2.09. The summed E-state index contributed by atoms with van der Waals surface area (Å²) in [4.78, 5) is 4.28. The zero-order chi connectivity index (χ0) is 10.8. The van der Waals surface area contributed by atoms with Crippen LogP contribution in [0.3, 0.4) is 0 Å². The standard InChI is InChI=1S/C10H11Cl2N3/c11-7-3-5-15-8(6-7)10(12)14-9(15)2-1-4-13/h3,5-6H,1-2,4,13H2. The number of fused-ring (bicyclic) bond motifs is 1. The average molecular weight is 244 g/mol. The molecule has 0 aliphatic carbocycles. The van der Waals surface area contributed by atoms with Crippen molar-refractivity contribution >= 4 is 28.7 Å². The van der Waals surface area contributed by atoms with E-state index in [1.165, 1.54) is 0 Å². The molecule has 3 nitrogen and oxygen atoms in total. The molecule has 0 atom stereocenters. The second kappa shape index (κ2) is 4.39. The Kier molecular flexibility index (Phi) is 3.14. The maximum Gasteiger partial charge on any atom is 0.155 e. The van der Waals surface area contributed by atoms with Gasteiger partial charge in [0, 0.05) is 17.6 Å². The van der Waals surface area contributed by atoms with Crippen molar-refractivity contribution in [3.05, 3.63) is 34.3 Å². The van der Waals surface area contributed by atoms with Crippen LogP contribution >= 0.6 is 23.2 Å². The fourth-order valence-electron chi connectivity index (χ4n) is 1.52. The first kappa shape index (κ1) is 10.7. The van der Waals surface area contributed by atoms with Gasteiger partial charge in [-0.05, 0) is 25.1 Å². The van der Waals surface area contributed by atoms with E-state index in [4.69, 9.17) is 28.9 Å². The molecule has 2 N–H and O–H groups in total. The van der Waals surface area contributed by atoms with Gasteiger partial charge in [-0.3, -0.25) is 0 Å². The lowest BCUT2D eigenvalue weighted by atomic mass is 10.3.